The number of likely N-dealkylation sites (N-methyl/N-ethyl adjacent to an activating group) is 1. The van der Waals surface area contributed by atoms with Crippen molar-refractivity contribution in [2.24, 2.45) is 0 Å². The highest BCUT2D eigenvalue weighted by Gasteiger charge is 2.18. The molecule has 1 aromatic rings. The van der Waals surface area contributed by atoms with Crippen LogP contribution in [0, 0.1) is 6.92 Å². The molecule has 1 saturated heterocycles. The molecule has 2 N–H and O–H groups in total. The average Bonchev–Trinajstić information content (AvgIpc) is 2.86. The van der Waals surface area contributed by atoms with Gasteiger partial charge in [0.25, 0.3) is 0 Å². The van der Waals surface area contributed by atoms with Crippen LogP contribution in [-0.2, 0) is 0 Å². The highest BCUT2D eigenvalue weighted by molar-refractivity contribution is 6.31. The maximum Gasteiger partial charge on any atom is 0.321 e. The molecule has 1 atom stereocenters. The third-order valence-electron chi connectivity index (χ3n) is 3.43. The number of halogens is 1. The molecule has 0 saturated carbocycles. The third-order valence-corrected chi connectivity index (χ3v) is 3.83. The summed E-state index contributed by atoms with van der Waals surface area (Å²) in [6.45, 7) is 3.71. The Morgan fingerprint density at radius 2 is 2.37 bits per heavy atom. The van der Waals surface area contributed by atoms with E-state index in [4.69, 9.17) is 11.6 Å². The van der Waals surface area contributed by atoms with Crippen LogP contribution in [0.4, 0.5) is 10.5 Å². The quantitative estimate of drug-likeness (QED) is 0.895. The van der Waals surface area contributed by atoms with E-state index < -0.39 is 0 Å². The second-order valence-corrected chi connectivity index (χ2v) is 5.48. The lowest BCUT2D eigenvalue weighted by molar-refractivity contribution is 0.218. The van der Waals surface area contributed by atoms with Crippen LogP contribution < -0.4 is 10.6 Å². The SMILES string of the molecule is Cc1ccc(NC(=O)N(C)CC2CCCN2)cc1Cl. The monoisotopic (exact) mass is 281 g/mol. The van der Waals surface area contributed by atoms with E-state index in [1.807, 2.05) is 26.1 Å². The zero-order valence-electron chi connectivity index (χ0n) is 11.4. The Morgan fingerprint density at radius 3 is 3.00 bits per heavy atom. The van der Waals surface area contributed by atoms with Gasteiger partial charge in [-0.25, -0.2) is 4.79 Å². The first kappa shape index (κ1) is 14.2. The number of nitrogens with one attached hydrogen (secondary N) is 2. The van der Waals surface area contributed by atoms with Gasteiger partial charge in [0.05, 0.1) is 0 Å². The number of carbonyl (C=O) groups is 1. The number of amides is 2. The number of anilines is 1. The Kier molecular flexibility index (Phi) is 4.66. The summed E-state index contributed by atoms with van der Waals surface area (Å²) in [5.74, 6) is 0. The van der Waals surface area contributed by atoms with E-state index in [0.717, 1.165) is 30.8 Å². The van der Waals surface area contributed by atoms with Crippen LogP contribution in [-0.4, -0.2) is 37.1 Å². The summed E-state index contributed by atoms with van der Waals surface area (Å²) in [5.41, 5.74) is 1.73. The van der Waals surface area contributed by atoms with Gasteiger partial charge in [-0.15, -0.1) is 0 Å². The van der Waals surface area contributed by atoms with Gasteiger partial charge in [-0.2, -0.15) is 0 Å². The number of urea groups is 1. The Bertz CT molecular complexity index is 458. The summed E-state index contributed by atoms with van der Waals surface area (Å²) in [5, 5.41) is 6.90. The number of rotatable bonds is 3. The predicted octanol–water partition coefficient (Wildman–Crippen LogP) is 2.86. The van der Waals surface area contributed by atoms with Crippen LogP contribution in [0.1, 0.15) is 18.4 Å². The Hall–Kier alpha value is -1.26. The van der Waals surface area contributed by atoms with Gasteiger partial charge >= 0.3 is 6.03 Å². The molecule has 1 aliphatic heterocycles. The number of aryl methyl sites for hydroxylation is 1. The van der Waals surface area contributed by atoms with Crippen molar-refractivity contribution in [3.05, 3.63) is 28.8 Å². The normalized spacial score (nSPS) is 18.4. The van der Waals surface area contributed by atoms with Crippen molar-refractivity contribution in [2.45, 2.75) is 25.8 Å². The molecule has 5 heteroatoms. The van der Waals surface area contributed by atoms with Gasteiger partial charge in [-0.1, -0.05) is 17.7 Å². The summed E-state index contributed by atoms with van der Waals surface area (Å²) in [6, 6.07) is 5.85. The molecule has 4 nitrogen and oxygen atoms in total. The van der Waals surface area contributed by atoms with Crippen LogP contribution in [0.5, 0.6) is 0 Å². The van der Waals surface area contributed by atoms with Crippen LogP contribution in [0.2, 0.25) is 5.02 Å². The molecule has 2 amide bonds. The van der Waals surface area contributed by atoms with E-state index >= 15 is 0 Å². The largest absolute Gasteiger partial charge is 0.326 e. The molecular weight excluding hydrogens is 262 g/mol. The molecule has 1 aliphatic rings. The first-order valence-electron chi connectivity index (χ1n) is 6.58. The summed E-state index contributed by atoms with van der Waals surface area (Å²) in [7, 11) is 1.81. The van der Waals surface area contributed by atoms with Crippen molar-refractivity contribution in [3.8, 4) is 0 Å². The highest BCUT2D eigenvalue weighted by Crippen LogP contribution is 2.20. The Balaban J connectivity index is 1.90. The predicted molar refractivity (Wildman–Crippen MR) is 78.9 cm³/mol. The molecule has 0 spiro atoms. The molecule has 1 aromatic carbocycles. The first-order valence-corrected chi connectivity index (χ1v) is 6.95. The van der Waals surface area contributed by atoms with Gasteiger partial charge in [0.15, 0.2) is 0 Å². The van der Waals surface area contributed by atoms with Crippen LogP contribution >= 0.6 is 11.6 Å². The van der Waals surface area contributed by atoms with Crippen molar-refractivity contribution < 1.29 is 4.79 Å². The molecule has 0 bridgehead atoms. The zero-order valence-corrected chi connectivity index (χ0v) is 12.1. The molecule has 104 valence electrons. The molecule has 1 heterocycles. The third kappa shape index (κ3) is 3.85. The van der Waals surface area contributed by atoms with Gasteiger partial charge < -0.3 is 15.5 Å². The fraction of sp³-hybridized carbons (Fsp3) is 0.500. The molecule has 0 radical (unpaired) electrons. The van der Waals surface area contributed by atoms with Crippen LogP contribution in [0.25, 0.3) is 0 Å². The van der Waals surface area contributed by atoms with Crippen molar-refractivity contribution in [1.29, 1.82) is 0 Å². The van der Waals surface area contributed by atoms with Gasteiger partial charge in [0.1, 0.15) is 0 Å². The van der Waals surface area contributed by atoms with Crippen molar-refractivity contribution >= 4 is 23.3 Å². The zero-order chi connectivity index (χ0) is 13.8. The molecule has 1 fully saturated rings. The van der Waals surface area contributed by atoms with E-state index in [-0.39, 0.29) is 6.03 Å². The highest BCUT2D eigenvalue weighted by atomic mass is 35.5. The first-order chi connectivity index (χ1) is 9.06. The second kappa shape index (κ2) is 6.26. The molecule has 0 aliphatic carbocycles. The lowest BCUT2D eigenvalue weighted by atomic mass is 10.2. The van der Waals surface area contributed by atoms with Gasteiger partial charge in [-0.3, -0.25) is 0 Å². The minimum Gasteiger partial charge on any atom is -0.326 e. The standard InChI is InChI=1S/C14H20ClN3O/c1-10-5-6-11(8-13(10)15)17-14(19)18(2)9-12-4-3-7-16-12/h5-6,8,12,16H,3-4,7,9H2,1-2H3,(H,17,19). The summed E-state index contributed by atoms with van der Waals surface area (Å²) >= 11 is 6.04. The van der Waals surface area contributed by atoms with Gasteiger partial charge in [0.2, 0.25) is 0 Å². The fourth-order valence-electron chi connectivity index (χ4n) is 2.22. The van der Waals surface area contributed by atoms with E-state index in [9.17, 15) is 4.79 Å². The molecule has 1 unspecified atom stereocenters. The minimum atomic E-state index is -0.103. The molecular formula is C14H20ClN3O. The summed E-state index contributed by atoms with van der Waals surface area (Å²) in [6.07, 6.45) is 2.32. The average molecular weight is 282 g/mol. The van der Waals surface area contributed by atoms with E-state index in [2.05, 4.69) is 10.6 Å². The lowest BCUT2D eigenvalue weighted by Gasteiger charge is -2.22. The maximum absolute atomic E-state index is 12.0. The number of hydrogen-bond acceptors (Lipinski definition) is 2. The van der Waals surface area contributed by atoms with Gasteiger partial charge in [0, 0.05) is 30.3 Å². The maximum atomic E-state index is 12.0. The van der Waals surface area contributed by atoms with E-state index in [0.29, 0.717) is 11.1 Å². The summed E-state index contributed by atoms with van der Waals surface area (Å²) in [4.78, 5) is 13.7. The fourth-order valence-corrected chi connectivity index (χ4v) is 2.40. The second-order valence-electron chi connectivity index (χ2n) is 5.07. The van der Waals surface area contributed by atoms with E-state index in [1.54, 1.807) is 11.0 Å². The lowest BCUT2D eigenvalue weighted by Crippen LogP contribution is -2.40. The van der Waals surface area contributed by atoms with Gasteiger partial charge in [-0.05, 0) is 44.0 Å². The summed E-state index contributed by atoms with van der Waals surface area (Å²) < 4.78 is 0. The number of nitrogens with zero attached hydrogens (tertiary/aromatic N) is 1. The van der Waals surface area contributed by atoms with Crippen LogP contribution in [0.15, 0.2) is 18.2 Å². The van der Waals surface area contributed by atoms with Crippen LogP contribution in [0.3, 0.4) is 0 Å². The number of carbonyl (C=O) groups excluding carboxylic acids is 1. The van der Waals surface area contributed by atoms with Crippen molar-refractivity contribution in [2.75, 3.05) is 25.5 Å². The Morgan fingerprint density at radius 1 is 1.58 bits per heavy atom. The van der Waals surface area contributed by atoms with Crippen molar-refractivity contribution in [3.63, 3.8) is 0 Å². The Labute approximate surface area is 119 Å². The number of hydrogen-bond donors (Lipinski definition) is 2. The molecule has 0 aromatic heterocycles. The van der Waals surface area contributed by atoms with E-state index in [1.165, 1.54) is 6.42 Å². The molecule has 19 heavy (non-hydrogen) atoms. The number of benzene rings is 1. The topological polar surface area (TPSA) is 44.4 Å². The van der Waals surface area contributed by atoms with Crippen molar-refractivity contribution in [1.82, 2.24) is 10.2 Å². The molecule has 2 rings (SSSR count). The smallest absolute Gasteiger partial charge is 0.321 e. The minimum absolute atomic E-state index is 0.103.